The van der Waals surface area contributed by atoms with Crippen molar-refractivity contribution in [2.24, 2.45) is 5.41 Å². The Balaban J connectivity index is 1.87. The summed E-state index contributed by atoms with van der Waals surface area (Å²) < 4.78 is 5.78. The predicted octanol–water partition coefficient (Wildman–Crippen LogP) is 2.72. The topological polar surface area (TPSA) is 21.3 Å². The highest BCUT2D eigenvalue weighted by Crippen LogP contribution is 2.39. The van der Waals surface area contributed by atoms with E-state index in [2.05, 4.69) is 19.2 Å². The van der Waals surface area contributed by atoms with Crippen LogP contribution in [0.2, 0.25) is 0 Å². The monoisotopic (exact) mass is 211 g/mol. The number of unbranched alkanes of at least 4 members (excludes halogenated alkanes) is 1. The normalized spacial score (nSPS) is 36.0. The van der Waals surface area contributed by atoms with Gasteiger partial charge in [0.1, 0.15) is 0 Å². The second kappa shape index (κ2) is 4.84. The summed E-state index contributed by atoms with van der Waals surface area (Å²) in [7, 11) is 0. The minimum Gasteiger partial charge on any atom is -0.378 e. The molecule has 0 spiro atoms. The zero-order valence-corrected chi connectivity index (χ0v) is 10.2. The summed E-state index contributed by atoms with van der Waals surface area (Å²) in [6.07, 6.45) is 8.48. The van der Waals surface area contributed by atoms with Crippen molar-refractivity contribution in [1.82, 2.24) is 5.32 Å². The van der Waals surface area contributed by atoms with Crippen LogP contribution in [0.3, 0.4) is 0 Å². The summed E-state index contributed by atoms with van der Waals surface area (Å²) >= 11 is 0. The first-order valence-corrected chi connectivity index (χ1v) is 6.62. The van der Waals surface area contributed by atoms with Crippen LogP contribution in [0.25, 0.3) is 0 Å². The highest BCUT2D eigenvalue weighted by molar-refractivity contribution is 4.94. The Labute approximate surface area is 93.8 Å². The van der Waals surface area contributed by atoms with Gasteiger partial charge >= 0.3 is 0 Å². The molecule has 2 aliphatic rings. The summed E-state index contributed by atoms with van der Waals surface area (Å²) in [4.78, 5) is 0. The van der Waals surface area contributed by atoms with E-state index >= 15 is 0 Å². The number of hydrogen-bond acceptors (Lipinski definition) is 2. The molecule has 0 aromatic heterocycles. The van der Waals surface area contributed by atoms with Crippen LogP contribution in [0.5, 0.6) is 0 Å². The molecule has 2 nitrogen and oxygen atoms in total. The van der Waals surface area contributed by atoms with Crippen molar-refractivity contribution in [3.63, 3.8) is 0 Å². The molecule has 1 N–H and O–H groups in total. The number of hydrogen-bond donors (Lipinski definition) is 1. The summed E-state index contributed by atoms with van der Waals surface area (Å²) in [6, 6.07) is 0.830. The van der Waals surface area contributed by atoms with Crippen molar-refractivity contribution in [3.05, 3.63) is 0 Å². The third-order valence-electron chi connectivity index (χ3n) is 4.18. The minimum absolute atomic E-state index is 0.443. The molecule has 2 heteroatoms. The molecule has 15 heavy (non-hydrogen) atoms. The van der Waals surface area contributed by atoms with Crippen molar-refractivity contribution in [3.8, 4) is 0 Å². The van der Waals surface area contributed by atoms with Gasteiger partial charge in [-0.05, 0) is 32.6 Å². The fourth-order valence-corrected chi connectivity index (χ4v) is 2.63. The summed E-state index contributed by atoms with van der Waals surface area (Å²) in [5.41, 5.74) is 0.443. The van der Waals surface area contributed by atoms with E-state index in [1.807, 2.05) is 0 Å². The van der Waals surface area contributed by atoms with E-state index < -0.39 is 0 Å². The molecule has 88 valence electrons. The number of nitrogens with one attached hydrogen (secondary N) is 1. The van der Waals surface area contributed by atoms with Crippen molar-refractivity contribution in [2.75, 3.05) is 13.2 Å². The van der Waals surface area contributed by atoms with Crippen LogP contribution in [0.4, 0.5) is 0 Å². The molecule has 0 aromatic rings. The van der Waals surface area contributed by atoms with Gasteiger partial charge in [-0.2, -0.15) is 0 Å². The predicted molar refractivity (Wildman–Crippen MR) is 63.0 cm³/mol. The van der Waals surface area contributed by atoms with E-state index in [4.69, 9.17) is 4.74 Å². The lowest BCUT2D eigenvalue weighted by molar-refractivity contribution is 0.0571. The fourth-order valence-electron chi connectivity index (χ4n) is 2.63. The van der Waals surface area contributed by atoms with Gasteiger partial charge in [0.05, 0.1) is 6.10 Å². The van der Waals surface area contributed by atoms with Crippen LogP contribution in [0.15, 0.2) is 0 Å². The molecule has 2 rings (SSSR count). The second-order valence-electron chi connectivity index (χ2n) is 5.38. The highest BCUT2D eigenvalue weighted by Gasteiger charge is 2.41. The van der Waals surface area contributed by atoms with Crippen LogP contribution < -0.4 is 5.32 Å². The largest absolute Gasteiger partial charge is 0.378 e. The Morgan fingerprint density at radius 3 is 2.73 bits per heavy atom. The molecule has 2 unspecified atom stereocenters. The van der Waals surface area contributed by atoms with Crippen LogP contribution in [0, 0.1) is 5.41 Å². The molecule has 1 saturated carbocycles. The quantitative estimate of drug-likeness (QED) is 0.729. The van der Waals surface area contributed by atoms with Gasteiger partial charge in [-0.15, -0.1) is 0 Å². The maximum atomic E-state index is 5.78. The second-order valence-corrected chi connectivity index (χ2v) is 5.38. The summed E-state index contributed by atoms with van der Waals surface area (Å²) in [6.45, 7) is 6.69. The maximum Gasteiger partial charge on any atom is 0.0616 e. The van der Waals surface area contributed by atoms with E-state index in [-0.39, 0.29) is 0 Å². The van der Waals surface area contributed by atoms with Crippen LogP contribution >= 0.6 is 0 Å². The van der Waals surface area contributed by atoms with E-state index in [1.54, 1.807) is 0 Å². The zero-order valence-electron chi connectivity index (χ0n) is 10.2. The standard InChI is InChI=1S/C13H25NO/c1-3-4-7-13(8-9-15-11(13)2)10-14-12-5-6-12/h11-12,14H,3-10H2,1-2H3. The van der Waals surface area contributed by atoms with E-state index in [1.165, 1.54) is 45.1 Å². The average molecular weight is 211 g/mol. The molecule has 2 fully saturated rings. The molecule has 1 aliphatic heterocycles. The Morgan fingerprint density at radius 1 is 1.40 bits per heavy atom. The van der Waals surface area contributed by atoms with Crippen LogP contribution in [0.1, 0.15) is 52.4 Å². The minimum atomic E-state index is 0.443. The molecule has 1 saturated heterocycles. The van der Waals surface area contributed by atoms with Gasteiger partial charge in [0, 0.05) is 24.6 Å². The van der Waals surface area contributed by atoms with Crippen molar-refractivity contribution >= 4 is 0 Å². The summed E-state index contributed by atoms with van der Waals surface area (Å²) in [5.74, 6) is 0. The van der Waals surface area contributed by atoms with Gasteiger partial charge in [0.2, 0.25) is 0 Å². The first kappa shape index (κ1) is 11.4. The Kier molecular flexibility index (Phi) is 3.68. The molecular formula is C13H25NO. The van der Waals surface area contributed by atoms with Crippen LogP contribution in [-0.2, 0) is 4.74 Å². The molecule has 0 aromatic carbocycles. The smallest absolute Gasteiger partial charge is 0.0616 e. The first-order chi connectivity index (χ1) is 7.27. The maximum absolute atomic E-state index is 5.78. The van der Waals surface area contributed by atoms with Crippen LogP contribution in [-0.4, -0.2) is 25.3 Å². The zero-order chi connectivity index (χ0) is 10.7. The fraction of sp³-hybridized carbons (Fsp3) is 1.00. The third kappa shape index (κ3) is 2.73. The lowest BCUT2D eigenvalue weighted by Crippen LogP contribution is -2.40. The Bertz CT molecular complexity index is 203. The molecular weight excluding hydrogens is 186 g/mol. The molecule has 1 heterocycles. The lowest BCUT2D eigenvalue weighted by Gasteiger charge is -2.32. The molecule has 0 radical (unpaired) electrons. The highest BCUT2D eigenvalue weighted by atomic mass is 16.5. The summed E-state index contributed by atoms with van der Waals surface area (Å²) in [5, 5.41) is 3.70. The first-order valence-electron chi connectivity index (χ1n) is 6.62. The van der Waals surface area contributed by atoms with E-state index in [9.17, 15) is 0 Å². The van der Waals surface area contributed by atoms with Gasteiger partial charge < -0.3 is 10.1 Å². The third-order valence-corrected chi connectivity index (χ3v) is 4.18. The lowest BCUT2D eigenvalue weighted by atomic mass is 9.77. The Morgan fingerprint density at radius 2 is 2.20 bits per heavy atom. The van der Waals surface area contributed by atoms with E-state index in [0.717, 1.165) is 12.6 Å². The van der Waals surface area contributed by atoms with Crippen molar-refractivity contribution in [2.45, 2.75) is 64.5 Å². The average Bonchev–Trinajstić information content (AvgIpc) is 3.00. The number of ether oxygens (including phenoxy) is 1. The van der Waals surface area contributed by atoms with Gasteiger partial charge in [-0.1, -0.05) is 19.8 Å². The van der Waals surface area contributed by atoms with Crippen molar-refractivity contribution < 1.29 is 4.74 Å². The van der Waals surface area contributed by atoms with E-state index in [0.29, 0.717) is 11.5 Å². The number of rotatable bonds is 6. The molecule has 0 bridgehead atoms. The SMILES string of the molecule is CCCCC1(CNC2CC2)CCOC1C. The molecule has 1 aliphatic carbocycles. The van der Waals surface area contributed by atoms with Gasteiger partial charge in [0.15, 0.2) is 0 Å². The molecule has 2 atom stereocenters. The Hall–Kier alpha value is -0.0800. The molecule has 0 amide bonds. The van der Waals surface area contributed by atoms with Crippen molar-refractivity contribution in [1.29, 1.82) is 0 Å². The van der Waals surface area contributed by atoms with Gasteiger partial charge in [0.25, 0.3) is 0 Å². The van der Waals surface area contributed by atoms with Gasteiger partial charge in [-0.25, -0.2) is 0 Å². The van der Waals surface area contributed by atoms with Gasteiger partial charge in [-0.3, -0.25) is 0 Å².